The van der Waals surface area contributed by atoms with Crippen LogP contribution in [0.4, 0.5) is 11.4 Å². The van der Waals surface area contributed by atoms with Crippen LogP contribution in [0.5, 0.6) is 0 Å². The zero-order valence-electron chi connectivity index (χ0n) is 23.2. The van der Waals surface area contributed by atoms with E-state index in [4.69, 9.17) is 21.6 Å². The summed E-state index contributed by atoms with van der Waals surface area (Å²) >= 11 is 0. The second-order valence-electron chi connectivity index (χ2n) is 8.84. The fourth-order valence-corrected chi connectivity index (χ4v) is 3.85. The predicted octanol–water partition coefficient (Wildman–Crippen LogP) is 7.10. The van der Waals surface area contributed by atoms with Gasteiger partial charge in [0.2, 0.25) is 0 Å². The van der Waals surface area contributed by atoms with E-state index in [1.54, 1.807) is 31.2 Å². The Kier molecular flexibility index (Phi) is 12.4. The Morgan fingerprint density at radius 3 is 1.66 bits per heavy atom. The molecule has 6 heteroatoms. The van der Waals surface area contributed by atoms with Crippen LogP contribution in [0.1, 0.15) is 22.8 Å². The highest BCUT2D eigenvalue weighted by Gasteiger charge is 2.12. The van der Waals surface area contributed by atoms with Crippen molar-refractivity contribution in [2.45, 2.75) is 13.5 Å². The molecule has 0 radical (unpaired) electrons. The standard InChI is InChI=1S/C20H16N2.C7H6O.C6H8N2.C2H6O/c1-3-9-16(10-4-1)15-22-19-14-8-7-13-18(19)21-20(22)17-11-5-2-6-12-17;8-6-7-4-2-1-3-5-7;7-5-3-1-2-4-6(5)8;1-2-3/h1-14H,15H2;1-6H;1-4H,7-8H2;3H,2H2,1H3. The maximum Gasteiger partial charge on any atom is 0.150 e. The first-order chi connectivity index (χ1) is 20.1. The third-order valence-corrected chi connectivity index (χ3v) is 5.80. The van der Waals surface area contributed by atoms with E-state index in [1.165, 1.54) is 11.1 Å². The molecule has 0 bridgehead atoms. The number of carbonyl (C=O) groups excluding carboxylic acids is 1. The Balaban J connectivity index is 0.000000199. The molecule has 0 aliphatic heterocycles. The number of anilines is 2. The normalized spacial score (nSPS) is 9.71. The first-order valence-electron chi connectivity index (χ1n) is 13.3. The van der Waals surface area contributed by atoms with Gasteiger partial charge in [0, 0.05) is 24.3 Å². The van der Waals surface area contributed by atoms with Gasteiger partial charge >= 0.3 is 0 Å². The fraction of sp³-hybridized carbons (Fsp3) is 0.0857. The molecule has 0 amide bonds. The van der Waals surface area contributed by atoms with E-state index in [-0.39, 0.29) is 6.61 Å². The van der Waals surface area contributed by atoms with Gasteiger partial charge in [-0.2, -0.15) is 0 Å². The summed E-state index contributed by atoms with van der Waals surface area (Å²) in [4.78, 5) is 14.8. The quantitative estimate of drug-likeness (QED) is 0.162. The molecule has 0 aliphatic carbocycles. The molecule has 0 spiro atoms. The lowest BCUT2D eigenvalue weighted by atomic mass is 10.2. The van der Waals surface area contributed by atoms with E-state index in [9.17, 15) is 4.79 Å². The molecular formula is C35H36N4O2. The van der Waals surface area contributed by atoms with Gasteiger partial charge in [-0.05, 0) is 36.8 Å². The average molecular weight is 545 g/mol. The number of hydrogen-bond donors (Lipinski definition) is 3. The largest absolute Gasteiger partial charge is 0.397 e. The molecule has 6 nitrogen and oxygen atoms in total. The van der Waals surface area contributed by atoms with Gasteiger partial charge in [-0.15, -0.1) is 0 Å². The van der Waals surface area contributed by atoms with Crippen LogP contribution >= 0.6 is 0 Å². The summed E-state index contributed by atoms with van der Waals surface area (Å²) in [6, 6.07) is 45.6. The molecule has 0 fully saturated rings. The molecule has 41 heavy (non-hydrogen) atoms. The zero-order valence-corrected chi connectivity index (χ0v) is 23.2. The highest BCUT2D eigenvalue weighted by atomic mass is 16.2. The minimum absolute atomic E-state index is 0.250. The fourth-order valence-electron chi connectivity index (χ4n) is 3.85. The van der Waals surface area contributed by atoms with Crippen molar-refractivity contribution in [1.82, 2.24) is 9.55 Å². The third-order valence-electron chi connectivity index (χ3n) is 5.80. The van der Waals surface area contributed by atoms with Crippen LogP contribution in [-0.2, 0) is 6.54 Å². The number of benzene rings is 5. The van der Waals surface area contributed by atoms with E-state index >= 15 is 0 Å². The van der Waals surface area contributed by atoms with Crippen LogP contribution < -0.4 is 11.5 Å². The van der Waals surface area contributed by atoms with Crippen LogP contribution in [0.25, 0.3) is 22.4 Å². The van der Waals surface area contributed by atoms with Gasteiger partial charge in [0.1, 0.15) is 12.1 Å². The average Bonchev–Trinajstić information content (AvgIpc) is 3.39. The molecule has 6 rings (SSSR count). The number of nitrogen functional groups attached to an aromatic ring is 2. The highest BCUT2D eigenvalue weighted by Crippen LogP contribution is 2.25. The van der Waals surface area contributed by atoms with Crippen molar-refractivity contribution < 1.29 is 9.90 Å². The summed E-state index contributed by atoms with van der Waals surface area (Å²) in [5, 5.41) is 7.57. The van der Waals surface area contributed by atoms with Crippen molar-refractivity contribution in [2.75, 3.05) is 18.1 Å². The summed E-state index contributed by atoms with van der Waals surface area (Å²) in [6.07, 6.45) is 0.833. The zero-order chi connectivity index (χ0) is 29.3. The summed E-state index contributed by atoms with van der Waals surface area (Å²) in [7, 11) is 0. The minimum atomic E-state index is 0.250. The van der Waals surface area contributed by atoms with Crippen LogP contribution in [0.2, 0.25) is 0 Å². The summed E-state index contributed by atoms with van der Waals surface area (Å²) in [5.41, 5.74) is 17.4. The number of aldehydes is 1. The van der Waals surface area contributed by atoms with Crippen LogP contribution in [-0.4, -0.2) is 27.6 Å². The number of aliphatic hydroxyl groups excluding tert-OH is 1. The van der Waals surface area contributed by atoms with Crippen molar-refractivity contribution in [3.05, 3.63) is 151 Å². The van der Waals surface area contributed by atoms with E-state index in [0.29, 0.717) is 11.4 Å². The molecule has 0 saturated carbocycles. The Morgan fingerprint density at radius 2 is 1.15 bits per heavy atom. The van der Waals surface area contributed by atoms with Gasteiger partial charge in [0.15, 0.2) is 0 Å². The molecule has 0 aliphatic rings. The molecule has 1 heterocycles. The number of para-hydroxylation sites is 4. The molecule has 5 N–H and O–H groups in total. The monoisotopic (exact) mass is 544 g/mol. The number of nitrogens with two attached hydrogens (primary N) is 2. The molecule has 208 valence electrons. The van der Waals surface area contributed by atoms with Crippen molar-refractivity contribution >= 4 is 28.7 Å². The first kappa shape index (κ1) is 30.3. The molecule has 0 saturated heterocycles. The number of nitrogens with zero attached hydrogens (tertiary/aromatic N) is 2. The van der Waals surface area contributed by atoms with Crippen LogP contribution in [0, 0.1) is 0 Å². The van der Waals surface area contributed by atoms with Gasteiger partial charge in [0.25, 0.3) is 0 Å². The van der Waals surface area contributed by atoms with Gasteiger partial charge < -0.3 is 21.1 Å². The Morgan fingerprint density at radius 1 is 0.683 bits per heavy atom. The predicted molar refractivity (Wildman–Crippen MR) is 171 cm³/mol. The Labute approximate surface area is 241 Å². The van der Waals surface area contributed by atoms with Crippen molar-refractivity contribution in [3.8, 4) is 11.4 Å². The number of carbonyl (C=O) groups is 1. The van der Waals surface area contributed by atoms with Crippen LogP contribution in [0.3, 0.4) is 0 Å². The van der Waals surface area contributed by atoms with Gasteiger partial charge in [0.05, 0.1) is 22.4 Å². The smallest absolute Gasteiger partial charge is 0.150 e. The molecule has 0 atom stereocenters. The van der Waals surface area contributed by atoms with Crippen molar-refractivity contribution in [3.63, 3.8) is 0 Å². The number of aliphatic hydroxyl groups is 1. The van der Waals surface area contributed by atoms with Crippen molar-refractivity contribution in [2.24, 2.45) is 0 Å². The number of hydrogen-bond acceptors (Lipinski definition) is 5. The number of aromatic nitrogens is 2. The topological polar surface area (TPSA) is 107 Å². The lowest BCUT2D eigenvalue weighted by Crippen LogP contribution is -2.02. The highest BCUT2D eigenvalue weighted by molar-refractivity contribution is 5.80. The molecule has 1 aromatic heterocycles. The first-order valence-corrected chi connectivity index (χ1v) is 13.3. The minimum Gasteiger partial charge on any atom is -0.397 e. The maximum atomic E-state index is 10.0. The van der Waals surface area contributed by atoms with Crippen molar-refractivity contribution in [1.29, 1.82) is 0 Å². The van der Waals surface area contributed by atoms with E-state index in [0.717, 1.165) is 35.3 Å². The lowest BCUT2D eigenvalue weighted by Gasteiger charge is -2.09. The lowest BCUT2D eigenvalue weighted by molar-refractivity contribution is 0.112. The summed E-state index contributed by atoms with van der Waals surface area (Å²) in [6.45, 7) is 2.76. The SMILES string of the molecule is CCO.Nc1ccccc1N.O=Cc1ccccc1.c1ccc(Cn2c(-c3ccccc3)nc3ccccc32)cc1. The van der Waals surface area contributed by atoms with E-state index in [2.05, 4.69) is 71.3 Å². The summed E-state index contributed by atoms with van der Waals surface area (Å²) < 4.78 is 2.29. The van der Waals surface area contributed by atoms with Crippen LogP contribution in [0.15, 0.2) is 140 Å². The van der Waals surface area contributed by atoms with E-state index < -0.39 is 0 Å². The maximum absolute atomic E-state index is 10.0. The molecular weight excluding hydrogens is 508 g/mol. The third kappa shape index (κ3) is 9.49. The van der Waals surface area contributed by atoms with Gasteiger partial charge in [-0.3, -0.25) is 4.79 Å². The summed E-state index contributed by atoms with van der Waals surface area (Å²) in [5.74, 6) is 1.02. The van der Waals surface area contributed by atoms with E-state index in [1.807, 2.05) is 48.5 Å². The number of rotatable bonds is 4. The number of imidazole rings is 1. The Hall–Kier alpha value is -5.20. The van der Waals surface area contributed by atoms with Gasteiger partial charge in [-0.25, -0.2) is 4.98 Å². The Bertz CT molecular complexity index is 1560. The second kappa shape index (κ2) is 16.7. The van der Waals surface area contributed by atoms with Gasteiger partial charge in [-0.1, -0.05) is 115 Å². The number of fused-ring (bicyclic) bond motifs is 1. The molecule has 6 aromatic rings. The molecule has 0 unspecified atom stereocenters. The second-order valence-corrected chi connectivity index (χ2v) is 8.84. The molecule has 5 aromatic carbocycles.